The number of aliphatic hydroxyl groups excluding tert-OH is 1. The molecular weight excluding hydrogens is 195 g/mol. The molecule has 5 heteroatoms. The molecule has 0 aliphatic rings. The minimum Gasteiger partial charge on any atom is -0.395 e. The SMILES string of the molecule is CCC(CC)C(CO)NCC(F)(F)F. The third kappa shape index (κ3) is 5.44. The van der Waals surface area contributed by atoms with Crippen LogP contribution in [0.5, 0.6) is 0 Å². The predicted molar refractivity (Wildman–Crippen MR) is 49.0 cm³/mol. The summed E-state index contributed by atoms with van der Waals surface area (Å²) < 4.78 is 35.6. The number of hydrogen-bond acceptors (Lipinski definition) is 2. The largest absolute Gasteiger partial charge is 0.401 e. The fraction of sp³-hybridized carbons (Fsp3) is 1.00. The lowest BCUT2D eigenvalue weighted by molar-refractivity contribution is -0.127. The van der Waals surface area contributed by atoms with Crippen molar-refractivity contribution in [2.45, 2.75) is 38.9 Å². The van der Waals surface area contributed by atoms with E-state index in [1.165, 1.54) is 0 Å². The molecule has 2 N–H and O–H groups in total. The summed E-state index contributed by atoms with van der Waals surface area (Å²) in [6.45, 7) is 2.54. The van der Waals surface area contributed by atoms with E-state index in [0.29, 0.717) is 0 Å². The summed E-state index contributed by atoms with van der Waals surface area (Å²) in [7, 11) is 0. The number of aliphatic hydroxyl groups is 1. The van der Waals surface area contributed by atoms with Gasteiger partial charge in [-0.2, -0.15) is 13.2 Å². The first-order valence-corrected chi connectivity index (χ1v) is 4.85. The predicted octanol–water partition coefficient (Wildman–Crippen LogP) is 1.94. The molecule has 0 saturated carbocycles. The van der Waals surface area contributed by atoms with E-state index in [1.54, 1.807) is 0 Å². The van der Waals surface area contributed by atoms with Gasteiger partial charge in [-0.3, -0.25) is 0 Å². The van der Waals surface area contributed by atoms with E-state index >= 15 is 0 Å². The Morgan fingerprint density at radius 2 is 1.71 bits per heavy atom. The summed E-state index contributed by atoms with van der Waals surface area (Å²) in [4.78, 5) is 0. The van der Waals surface area contributed by atoms with Gasteiger partial charge in [0.1, 0.15) is 0 Å². The lowest BCUT2D eigenvalue weighted by atomic mass is 9.95. The molecule has 1 unspecified atom stereocenters. The second-order valence-corrected chi connectivity index (χ2v) is 3.36. The van der Waals surface area contributed by atoms with Gasteiger partial charge in [-0.15, -0.1) is 0 Å². The first kappa shape index (κ1) is 13.7. The summed E-state index contributed by atoms with van der Waals surface area (Å²) in [5.74, 6) is 0.0994. The Labute approximate surface area is 82.5 Å². The van der Waals surface area contributed by atoms with Crippen molar-refractivity contribution in [1.29, 1.82) is 0 Å². The van der Waals surface area contributed by atoms with E-state index in [2.05, 4.69) is 5.32 Å². The minimum atomic E-state index is -4.21. The summed E-state index contributed by atoms with van der Waals surface area (Å²) in [6, 6.07) is -0.452. The molecule has 0 rings (SSSR count). The molecule has 0 aliphatic heterocycles. The van der Waals surface area contributed by atoms with Crippen molar-refractivity contribution in [3.63, 3.8) is 0 Å². The van der Waals surface area contributed by atoms with Crippen molar-refractivity contribution in [1.82, 2.24) is 5.32 Å². The molecule has 0 spiro atoms. The molecule has 14 heavy (non-hydrogen) atoms. The van der Waals surface area contributed by atoms with Gasteiger partial charge in [0, 0.05) is 6.04 Å². The van der Waals surface area contributed by atoms with Crippen LogP contribution in [-0.4, -0.2) is 30.5 Å². The van der Waals surface area contributed by atoms with E-state index in [1.807, 2.05) is 13.8 Å². The Morgan fingerprint density at radius 1 is 1.21 bits per heavy atom. The van der Waals surface area contributed by atoms with Gasteiger partial charge in [0.2, 0.25) is 0 Å². The van der Waals surface area contributed by atoms with Crippen molar-refractivity contribution >= 4 is 0 Å². The van der Waals surface area contributed by atoms with Gasteiger partial charge in [0.05, 0.1) is 13.2 Å². The number of hydrogen-bond donors (Lipinski definition) is 2. The van der Waals surface area contributed by atoms with E-state index < -0.39 is 18.8 Å². The molecule has 0 heterocycles. The van der Waals surface area contributed by atoms with Crippen molar-refractivity contribution in [3.05, 3.63) is 0 Å². The van der Waals surface area contributed by atoms with Gasteiger partial charge in [-0.25, -0.2) is 0 Å². The van der Waals surface area contributed by atoms with Gasteiger partial charge in [-0.05, 0) is 5.92 Å². The maximum absolute atomic E-state index is 11.9. The molecule has 2 nitrogen and oxygen atoms in total. The Kier molecular flexibility index (Phi) is 6.11. The van der Waals surface area contributed by atoms with E-state index in [-0.39, 0.29) is 12.5 Å². The van der Waals surface area contributed by atoms with Crippen LogP contribution in [0.4, 0.5) is 13.2 Å². The maximum Gasteiger partial charge on any atom is 0.401 e. The average molecular weight is 213 g/mol. The van der Waals surface area contributed by atoms with Crippen molar-refractivity contribution in [3.8, 4) is 0 Å². The Bertz CT molecular complexity index is 145. The first-order valence-electron chi connectivity index (χ1n) is 4.85. The number of halogens is 3. The molecule has 86 valence electrons. The molecule has 0 fully saturated rings. The molecule has 0 aromatic carbocycles. The highest BCUT2D eigenvalue weighted by Gasteiger charge is 2.29. The third-order valence-electron chi connectivity index (χ3n) is 2.38. The van der Waals surface area contributed by atoms with Gasteiger partial charge >= 0.3 is 6.18 Å². The van der Waals surface area contributed by atoms with E-state index in [0.717, 1.165) is 12.8 Å². The molecule has 0 aromatic heterocycles. The van der Waals surface area contributed by atoms with Crippen LogP contribution >= 0.6 is 0 Å². The minimum absolute atomic E-state index is 0.0994. The second kappa shape index (κ2) is 6.24. The van der Waals surface area contributed by atoms with Crippen LogP contribution in [0.3, 0.4) is 0 Å². The van der Waals surface area contributed by atoms with Crippen LogP contribution < -0.4 is 5.32 Å². The zero-order chi connectivity index (χ0) is 11.2. The molecule has 0 amide bonds. The van der Waals surface area contributed by atoms with Crippen molar-refractivity contribution in [2.24, 2.45) is 5.92 Å². The van der Waals surface area contributed by atoms with E-state index in [4.69, 9.17) is 5.11 Å². The maximum atomic E-state index is 11.9. The monoisotopic (exact) mass is 213 g/mol. The highest BCUT2D eigenvalue weighted by molar-refractivity contribution is 4.75. The molecule has 0 aromatic rings. The smallest absolute Gasteiger partial charge is 0.395 e. The Hall–Kier alpha value is -0.290. The average Bonchev–Trinajstić information content (AvgIpc) is 2.10. The molecule has 0 radical (unpaired) electrons. The van der Waals surface area contributed by atoms with Crippen LogP contribution in [0, 0.1) is 5.92 Å². The zero-order valence-corrected chi connectivity index (χ0v) is 8.56. The Balaban J connectivity index is 4.01. The molecule has 0 saturated heterocycles. The standard InChI is InChI=1S/C9H18F3NO/c1-3-7(4-2)8(5-14)13-6-9(10,11)12/h7-8,13-14H,3-6H2,1-2H3. The topological polar surface area (TPSA) is 32.3 Å². The Morgan fingerprint density at radius 3 is 2.00 bits per heavy atom. The first-order chi connectivity index (χ1) is 6.44. The van der Waals surface area contributed by atoms with Crippen LogP contribution in [0.1, 0.15) is 26.7 Å². The summed E-state index contributed by atoms with van der Waals surface area (Å²) in [5.41, 5.74) is 0. The highest BCUT2D eigenvalue weighted by Crippen LogP contribution is 2.16. The van der Waals surface area contributed by atoms with Crippen molar-refractivity contribution in [2.75, 3.05) is 13.2 Å². The molecule has 0 bridgehead atoms. The lowest BCUT2D eigenvalue weighted by Crippen LogP contribution is -2.43. The van der Waals surface area contributed by atoms with Gasteiger partial charge in [-0.1, -0.05) is 26.7 Å². The second-order valence-electron chi connectivity index (χ2n) is 3.36. The molecule has 1 atom stereocenters. The fourth-order valence-corrected chi connectivity index (χ4v) is 1.48. The normalized spacial score (nSPS) is 14.8. The number of alkyl halides is 3. The van der Waals surface area contributed by atoms with Gasteiger partial charge < -0.3 is 10.4 Å². The van der Waals surface area contributed by atoms with Crippen LogP contribution in [0.15, 0.2) is 0 Å². The quantitative estimate of drug-likeness (QED) is 0.706. The molecule has 0 aliphatic carbocycles. The van der Waals surface area contributed by atoms with Gasteiger partial charge in [0.25, 0.3) is 0 Å². The summed E-state index contributed by atoms with van der Waals surface area (Å²) in [5, 5.41) is 11.3. The number of nitrogens with one attached hydrogen (secondary N) is 1. The molecular formula is C9H18F3NO. The zero-order valence-electron chi connectivity index (χ0n) is 8.56. The number of rotatable bonds is 6. The van der Waals surface area contributed by atoms with Crippen LogP contribution in [-0.2, 0) is 0 Å². The van der Waals surface area contributed by atoms with E-state index in [9.17, 15) is 13.2 Å². The lowest BCUT2D eigenvalue weighted by Gasteiger charge is -2.25. The summed E-state index contributed by atoms with van der Waals surface area (Å²) >= 11 is 0. The summed E-state index contributed by atoms with van der Waals surface area (Å²) in [6.07, 6.45) is -2.67. The third-order valence-corrected chi connectivity index (χ3v) is 2.38. The fourth-order valence-electron chi connectivity index (χ4n) is 1.48. The van der Waals surface area contributed by atoms with Crippen LogP contribution in [0.2, 0.25) is 0 Å². The van der Waals surface area contributed by atoms with Crippen LogP contribution in [0.25, 0.3) is 0 Å². The van der Waals surface area contributed by atoms with Gasteiger partial charge in [0.15, 0.2) is 0 Å². The highest BCUT2D eigenvalue weighted by atomic mass is 19.4. The van der Waals surface area contributed by atoms with Crippen molar-refractivity contribution < 1.29 is 18.3 Å².